The summed E-state index contributed by atoms with van der Waals surface area (Å²) in [4.78, 5) is 1.01. The summed E-state index contributed by atoms with van der Waals surface area (Å²) in [6.45, 7) is 5.72. The lowest BCUT2D eigenvalue weighted by molar-refractivity contribution is 0.562. The maximum Gasteiger partial charge on any atom is 0.144 e. The Labute approximate surface area is 99.9 Å². The lowest BCUT2D eigenvalue weighted by Crippen LogP contribution is -2.25. The Morgan fingerprint density at radius 2 is 2.14 bits per heavy atom. The molecule has 0 spiro atoms. The molecule has 1 rings (SSSR count). The van der Waals surface area contributed by atoms with Crippen molar-refractivity contribution in [3.8, 4) is 0 Å². The van der Waals surface area contributed by atoms with E-state index in [0.717, 1.165) is 8.66 Å². The van der Waals surface area contributed by atoms with Crippen molar-refractivity contribution >= 4 is 44.8 Å². The van der Waals surface area contributed by atoms with E-state index in [4.69, 9.17) is 0 Å². The number of thiophene rings is 1. The summed E-state index contributed by atoms with van der Waals surface area (Å²) in [5.41, 5.74) is 0. The van der Waals surface area contributed by atoms with Crippen LogP contribution in [0.5, 0.6) is 0 Å². The summed E-state index contributed by atoms with van der Waals surface area (Å²) in [5.74, 6) is 0. The molecule has 0 saturated carbocycles. The first-order valence-corrected chi connectivity index (χ1v) is 6.82. The Hall–Kier alpha value is 0.160. The largest absolute Gasteiger partial charge is 0.591 e. The van der Waals surface area contributed by atoms with Gasteiger partial charge in [-0.15, -0.1) is 11.3 Å². The monoisotopic (exact) mass is 293 g/mol. The van der Waals surface area contributed by atoms with Gasteiger partial charge in [-0.3, -0.25) is 0 Å². The molecule has 0 aliphatic heterocycles. The summed E-state index contributed by atoms with van der Waals surface area (Å²) in [6.07, 6.45) is 1.66. The van der Waals surface area contributed by atoms with Crippen molar-refractivity contribution < 1.29 is 4.55 Å². The summed E-state index contributed by atoms with van der Waals surface area (Å²) in [5, 5.41) is 0. The predicted octanol–water partition coefficient (Wildman–Crippen LogP) is 3.39. The molecule has 0 amide bonds. The first kappa shape index (κ1) is 12.2. The van der Waals surface area contributed by atoms with Gasteiger partial charge in [0.2, 0.25) is 0 Å². The van der Waals surface area contributed by atoms with Crippen LogP contribution >= 0.6 is 27.3 Å². The van der Waals surface area contributed by atoms with Gasteiger partial charge < -0.3 is 4.55 Å². The van der Waals surface area contributed by atoms with E-state index >= 15 is 0 Å². The van der Waals surface area contributed by atoms with E-state index < -0.39 is 11.4 Å². The summed E-state index contributed by atoms with van der Waals surface area (Å²) < 4.78 is 16.3. The third kappa shape index (κ3) is 3.73. The van der Waals surface area contributed by atoms with E-state index in [9.17, 15) is 4.55 Å². The highest BCUT2D eigenvalue weighted by Crippen LogP contribution is 2.22. The van der Waals surface area contributed by atoms with Gasteiger partial charge in [0.25, 0.3) is 0 Å². The highest BCUT2D eigenvalue weighted by atomic mass is 79.9. The standard InChI is InChI=1S/C9H12BrNOS2/c1-9(2,3)14(12)11-6-7-4-5-8(10)13-7/h4-6H,1-3H3. The van der Waals surface area contributed by atoms with Crippen LogP contribution in [0, 0.1) is 0 Å². The van der Waals surface area contributed by atoms with Gasteiger partial charge in [-0.2, -0.15) is 0 Å². The van der Waals surface area contributed by atoms with Crippen molar-refractivity contribution in [1.82, 2.24) is 0 Å². The average Bonchev–Trinajstić information content (AvgIpc) is 2.45. The fourth-order valence-electron chi connectivity index (χ4n) is 0.656. The lowest BCUT2D eigenvalue weighted by atomic mass is 10.3. The molecule has 1 aromatic rings. The van der Waals surface area contributed by atoms with Crippen LogP contribution in [-0.2, 0) is 11.4 Å². The molecule has 5 heteroatoms. The van der Waals surface area contributed by atoms with Crippen LogP contribution in [0.3, 0.4) is 0 Å². The molecular weight excluding hydrogens is 282 g/mol. The van der Waals surface area contributed by atoms with Crippen LogP contribution in [-0.4, -0.2) is 15.5 Å². The van der Waals surface area contributed by atoms with Crippen LogP contribution in [0.4, 0.5) is 0 Å². The maximum atomic E-state index is 11.6. The molecule has 0 radical (unpaired) electrons. The normalized spacial score (nSPS) is 14.9. The average molecular weight is 294 g/mol. The molecule has 0 bridgehead atoms. The molecule has 1 aromatic heterocycles. The van der Waals surface area contributed by atoms with E-state index in [1.165, 1.54) is 0 Å². The molecular formula is C9H12BrNOS2. The van der Waals surface area contributed by atoms with Gasteiger partial charge in [0.05, 0.1) is 14.9 Å². The molecule has 78 valence electrons. The number of hydrogen-bond acceptors (Lipinski definition) is 3. The van der Waals surface area contributed by atoms with Gasteiger partial charge in [0, 0.05) is 0 Å². The fourth-order valence-corrected chi connectivity index (χ4v) is 2.54. The number of halogens is 1. The molecule has 1 atom stereocenters. The quantitative estimate of drug-likeness (QED) is 0.608. The van der Waals surface area contributed by atoms with Crippen molar-refractivity contribution in [2.75, 3.05) is 0 Å². The van der Waals surface area contributed by atoms with Crippen LogP contribution in [0.1, 0.15) is 25.6 Å². The zero-order chi connectivity index (χ0) is 10.8. The van der Waals surface area contributed by atoms with Gasteiger partial charge in [0.1, 0.15) is 16.1 Å². The molecule has 1 unspecified atom stereocenters. The highest BCUT2D eigenvalue weighted by Gasteiger charge is 2.25. The first-order valence-electron chi connectivity index (χ1n) is 4.11. The van der Waals surface area contributed by atoms with Gasteiger partial charge in [-0.1, -0.05) is 4.40 Å². The fraction of sp³-hybridized carbons (Fsp3) is 0.444. The van der Waals surface area contributed by atoms with E-state index in [-0.39, 0.29) is 4.75 Å². The minimum atomic E-state index is -1.17. The van der Waals surface area contributed by atoms with Crippen LogP contribution in [0.2, 0.25) is 0 Å². The van der Waals surface area contributed by atoms with Gasteiger partial charge in [-0.05, 0) is 48.8 Å². The second-order valence-electron chi connectivity index (χ2n) is 3.74. The number of nitrogens with zero attached hydrogens (tertiary/aromatic N) is 1. The van der Waals surface area contributed by atoms with E-state index in [1.54, 1.807) is 17.6 Å². The SMILES string of the molecule is CC(C)(C)[S+]([O-])N=Cc1ccc(Br)s1. The summed E-state index contributed by atoms with van der Waals surface area (Å²) >= 11 is 3.77. The molecule has 0 fully saturated rings. The summed E-state index contributed by atoms with van der Waals surface area (Å²) in [6, 6.07) is 3.89. The van der Waals surface area contributed by atoms with Crippen molar-refractivity contribution in [3.05, 3.63) is 20.8 Å². The lowest BCUT2D eigenvalue weighted by Gasteiger charge is -2.17. The minimum Gasteiger partial charge on any atom is -0.591 e. The Bertz CT molecular complexity index is 330. The first-order chi connectivity index (χ1) is 6.39. The van der Waals surface area contributed by atoms with Crippen LogP contribution in [0.25, 0.3) is 0 Å². The maximum absolute atomic E-state index is 11.6. The predicted molar refractivity (Wildman–Crippen MR) is 67.5 cm³/mol. The number of rotatable bonds is 2. The van der Waals surface area contributed by atoms with Gasteiger partial charge >= 0.3 is 0 Å². The molecule has 0 aliphatic carbocycles. The smallest absolute Gasteiger partial charge is 0.144 e. The molecule has 0 N–H and O–H groups in total. The zero-order valence-corrected chi connectivity index (χ0v) is 11.5. The van der Waals surface area contributed by atoms with Crippen molar-refractivity contribution in [1.29, 1.82) is 0 Å². The van der Waals surface area contributed by atoms with Crippen molar-refractivity contribution in [3.63, 3.8) is 0 Å². The second kappa shape index (κ2) is 4.79. The third-order valence-corrected chi connectivity index (χ3v) is 4.30. The Kier molecular flexibility index (Phi) is 4.18. The van der Waals surface area contributed by atoms with Crippen molar-refractivity contribution in [2.45, 2.75) is 25.5 Å². The van der Waals surface area contributed by atoms with Gasteiger partial charge in [-0.25, -0.2) is 0 Å². The Morgan fingerprint density at radius 1 is 1.50 bits per heavy atom. The zero-order valence-electron chi connectivity index (χ0n) is 8.28. The molecule has 1 heterocycles. The molecule has 0 aromatic carbocycles. The van der Waals surface area contributed by atoms with Crippen molar-refractivity contribution in [2.24, 2.45) is 4.40 Å². The van der Waals surface area contributed by atoms with E-state index in [2.05, 4.69) is 20.3 Å². The van der Waals surface area contributed by atoms with E-state index in [0.29, 0.717) is 0 Å². The van der Waals surface area contributed by atoms with Gasteiger partial charge in [0.15, 0.2) is 0 Å². The second-order valence-corrected chi connectivity index (χ2v) is 8.17. The minimum absolute atomic E-state index is 0.287. The molecule has 0 aliphatic rings. The highest BCUT2D eigenvalue weighted by molar-refractivity contribution is 9.11. The number of hydrogen-bond donors (Lipinski definition) is 0. The summed E-state index contributed by atoms with van der Waals surface area (Å²) in [7, 11) is 0. The molecule has 14 heavy (non-hydrogen) atoms. The molecule has 2 nitrogen and oxygen atoms in total. The van der Waals surface area contributed by atoms with E-state index in [1.807, 2.05) is 32.9 Å². The van der Waals surface area contributed by atoms with Crippen LogP contribution in [0.15, 0.2) is 20.3 Å². The van der Waals surface area contributed by atoms with Crippen LogP contribution < -0.4 is 0 Å². The Balaban J connectivity index is 2.65. The topological polar surface area (TPSA) is 35.4 Å². The Morgan fingerprint density at radius 3 is 2.57 bits per heavy atom. The third-order valence-electron chi connectivity index (χ3n) is 1.39. The molecule has 0 saturated heterocycles.